The summed E-state index contributed by atoms with van der Waals surface area (Å²) in [5, 5.41) is 9.61. The van der Waals surface area contributed by atoms with Crippen molar-refractivity contribution in [3.05, 3.63) is 23.8 Å². The van der Waals surface area contributed by atoms with Crippen LogP contribution in [0.15, 0.2) is 18.2 Å². The van der Waals surface area contributed by atoms with Crippen LogP contribution < -0.4 is 4.74 Å². The van der Waals surface area contributed by atoms with Gasteiger partial charge in [-0.1, -0.05) is 0 Å². The van der Waals surface area contributed by atoms with Crippen LogP contribution in [0.4, 0.5) is 0 Å². The molecule has 1 N–H and O–H groups in total. The van der Waals surface area contributed by atoms with Crippen LogP contribution in [0.2, 0.25) is 0 Å². The Morgan fingerprint density at radius 3 is 2.76 bits per heavy atom. The van der Waals surface area contributed by atoms with E-state index in [1.54, 1.807) is 12.1 Å². The first kappa shape index (κ1) is 15.6. The summed E-state index contributed by atoms with van der Waals surface area (Å²) in [6.45, 7) is 4.96. The maximum Gasteiger partial charge on any atom is 0.253 e. The number of carbonyl (C=O) groups excluding carboxylic acids is 1. The standard InChI is InChI=1S/C16H23NO4/c1-3-17(11-12-6-8-21-9-7-12)16(19)13-4-5-14(18)15(10-13)20-2/h4-5,10,12,18H,3,6-9,11H2,1-2H3. The molecule has 0 radical (unpaired) electrons. The summed E-state index contributed by atoms with van der Waals surface area (Å²) in [6, 6.07) is 4.71. The zero-order chi connectivity index (χ0) is 15.2. The molecule has 2 rings (SSSR count). The van der Waals surface area contributed by atoms with Crippen LogP contribution >= 0.6 is 0 Å². The molecule has 1 aliphatic rings. The van der Waals surface area contributed by atoms with Crippen molar-refractivity contribution in [3.63, 3.8) is 0 Å². The largest absolute Gasteiger partial charge is 0.504 e. The Hall–Kier alpha value is -1.75. The van der Waals surface area contributed by atoms with Crippen molar-refractivity contribution in [2.75, 3.05) is 33.4 Å². The van der Waals surface area contributed by atoms with Crippen LogP contribution in [0.3, 0.4) is 0 Å². The van der Waals surface area contributed by atoms with Crippen LogP contribution in [0.25, 0.3) is 0 Å². The van der Waals surface area contributed by atoms with E-state index in [9.17, 15) is 9.90 Å². The molecule has 5 nitrogen and oxygen atoms in total. The summed E-state index contributed by atoms with van der Waals surface area (Å²) in [7, 11) is 1.48. The number of hydrogen-bond acceptors (Lipinski definition) is 4. The molecule has 1 amide bonds. The van der Waals surface area contributed by atoms with Crippen molar-refractivity contribution in [3.8, 4) is 11.5 Å². The SMILES string of the molecule is CCN(CC1CCOCC1)C(=O)c1ccc(O)c(OC)c1. The molecule has 1 saturated heterocycles. The molecule has 21 heavy (non-hydrogen) atoms. The van der Waals surface area contributed by atoms with E-state index in [1.807, 2.05) is 11.8 Å². The average molecular weight is 293 g/mol. The molecule has 1 heterocycles. The van der Waals surface area contributed by atoms with Crippen LogP contribution in [-0.2, 0) is 4.74 Å². The number of carbonyl (C=O) groups is 1. The fraction of sp³-hybridized carbons (Fsp3) is 0.562. The molecule has 0 atom stereocenters. The lowest BCUT2D eigenvalue weighted by Gasteiger charge is -2.29. The number of methoxy groups -OCH3 is 1. The van der Waals surface area contributed by atoms with Gasteiger partial charge in [-0.05, 0) is 43.9 Å². The van der Waals surface area contributed by atoms with Gasteiger partial charge in [0.2, 0.25) is 0 Å². The molecule has 0 bridgehead atoms. The molecule has 5 heteroatoms. The van der Waals surface area contributed by atoms with Crippen molar-refractivity contribution in [1.29, 1.82) is 0 Å². The van der Waals surface area contributed by atoms with E-state index in [0.29, 0.717) is 23.8 Å². The van der Waals surface area contributed by atoms with Gasteiger partial charge in [-0.15, -0.1) is 0 Å². The monoisotopic (exact) mass is 293 g/mol. The summed E-state index contributed by atoms with van der Waals surface area (Å²) in [5.41, 5.74) is 0.540. The van der Waals surface area contributed by atoms with E-state index >= 15 is 0 Å². The molecule has 1 aliphatic heterocycles. The summed E-state index contributed by atoms with van der Waals surface area (Å²) in [5.74, 6) is 0.841. The Labute approximate surface area is 125 Å². The van der Waals surface area contributed by atoms with Gasteiger partial charge >= 0.3 is 0 Å². The molecule has 0 spiro atoms. The third-order valence-electron chi connectivity index (χ3n) is 3.92. The van der Waals surface area contributed by atoms with Crippen molar-refractivity contribution in [1.82, 2.24) is 4.90 Å². The number of amides is 1. The molecule has 0 aliphatic carbocycles. The minimum absolute atomic E-state index is 0.0257. The number of phenols is 1. The highest BCUT2D eigenvalue weighted by atomic mass is 16.5. The Kier molecular flexibility index (Phi) is 5.44. The Bertz CT molecular complexity index is 483. The van der Waals surface area contributed by atoms with Gasteiger partial charge in [-0.2, -0.15) is 0 Å². The topological polar surface area (TPSA) is 59.0 Å². The molecule has 1 aromatic rings. The third kappa shape index (κ3) is 3.88. The fourth-order valence-corrected chi connectivity index (χ4v) is 2.59. The van der Waals surface area contributed by atoms with Gasteiger partial charge in [-0.25, -0.2) is 0 Å². The van der Waals surface area contributed by atoms with Crippen molar-refractivity contribution in [2.24, 2.45) is 5.92 Å². The van der Waals surface area contributed by atoms with Gasteiger partial charge < -0.3 is 19.5 Å². The van der Waals surface area contributed by atoms with E-state index in [-0.39, 0.29) is 11.7 Å². The van der Waals surface area contributed by atoms with E-state index in [2.05, 4.69) is 0 Å². The van der Waals surface area contributed by atoms with Crippen molar-refractivity contribution < 1.29 is 19.4 Å². The highest BCUT2D eigenvalue weighted by Crippen LogP contribution is 2.27. The minimum Gasteiger partial charge on any atom is -0.504 e. The Morgan fingerprint density at radius 1 is 1.43 bits per heavy atom. The summed E-state index contributed by atoms with van der Waals surface area (Å²) >= 11 is 0. The quantitative estimate of drug-likeness (QED) is 0.905. The van der Waals surface area contributed by atoms with Crippen LogP contribution in [-0.4, -0.2) is 49.3 Å². The lowest BCUT2D eigenvalue weighted by Crippen LogP contribution is -2.37. The molecular weight excluding hydrogens is 270 g/mol. The first-order valence-electron chi connectivity index (χ1n) is 7.39. The molecule has 116 valence electrons. The number of benzene rings is 1. The summed E-state index contributed by atoms with van der Waals surface area (Å²) in [4.78, 5) is 14.4. The molecule has 1 fully saturated rings. The summed E-state index contributed by atoms with van der Waals surface area (Å²) < 4.78 is 10.4. The van der Waals surface area contributed by atoms with E-state index in [4.69, 9.17) is 9.47 Å². The minimum atomic E-state index is -0.0257. The third-order valence-corrected chi connectivity index (χ3v) is 3.92. The van der Waals surface area contributed by atoms with Gasteiger partial charge in [0, 0.05) is 31.9 Å². The number of phenolic OH excluding ortho intramolecular Hbond substituents is 1. The normalized spacial score (nSPS) is 15.7. The first-order valence-corrected chi connectivity index (χ1v) is 7.39. The van der Waals surface area contributed by atoms with Gasteiger partial charge in [0.05, 0.1) is 7.11 Å². The lowest BCUT2D eigenvalue weighted by molar-refractivity contribution is 0.0466. The van der Waals surface area contributed by atoms with Crippen molar-refractivity contribution in [2.45, 2.75) is 19.8 Å². The number of ether oxygens (including phenoxy) is 2. The highest BCUT2D eigenvalue weighted by molar-refractivity contribution is 5.94. The Balaban J connectivity index is 2.08. The van der Waals surface area contributed by atoms with Crippen LogP contribution in [0, 0.1) is 5.92 Å². The van der Waals surface area contributed by atoms with Crippen LogP contribution in [0.5, 0.6) is 11.5 Å². The molecule has 0 saturated carbocycles. The Morgan fingerprint density at radius 2 is 2.14 bits per heavy atom. The fourth-order valence-electron chi connectivity index (χ4n) is 2.59. The van der Waals surface area contributed by atoms with Gasteiger partial charge in [0.1, 0.15) is 0 Å². The zero-order valence-corrected chi connectivity index (χ0v) is 12.7. The molecule has 0 unspecified atom stereocenters. The highest BCUT2D eigenvalue weighted by Gasteiger charge is 2.21. The predicted molar refractivity (Wildman–Crippen MR) is 79.8 cm³/mol. The number of nitrogens with zero attached hydrogens (tertiary/aromatic N) is 1. The lowest BCUT2D eigenvalue weighted by atomic mass is 9.99. The average Bonchev–Trinajstić information content (AvgIpc) is 2.53. The molecular formula is C16H23NO4. The van der Waals surface area contributed by atoms with Gasteiger partial charge in [-0.3, -0.25) is 4.79 Å². The predicted octanol–water partition coefficient (Wildman–Crippen LogP) is 2.29. The number of hydrogen-bond donors (Lipinski definition) is 1. The summed E-state index contributed by atoms with van der Waals surface area (Å²) in [6.07, 6.45) is 2.01. The van der Waals surface area contributed by atoms with E-state index in [1.165, 1.54) is 13.2 Å². The first-order chi connectivity index (χ1) is 10.2. The molecule has 0 aromatic heterocycles. The van der Waals surface area contributed by atoms with E-state index < -0.39 is 0 Å². The maximum absolute atomic E-state index is 12.6. The second-order valence-corrected chi connectivity index (χ2v) is 5.29. The second kappa shape index (κ2) is 7.31. The molecule has 1 aromatic carbocycles. The second-order valence-electron chi connectivity index (χ2n) is 5.29. The maximum atomic E-state index is 12.6. The van der Waals surface area contributed by atoms with Crippen LogP contribution in [0.1, 0.15) is 30.1 Å². The van der Waals surface area contributed by atoms with Gasteiger partial charge in [0.25, 0.3) is 5.91 Å². The van der Waals surface area contributed by atoms with E-state index in [0.717, 1.165) is 32.6 Å². The van der Waals surface area contributed by atoms with Crippen molar-refractivity contribution >= 4 is 5.91 Å². The smallest absolute Gasteiger partial charge is 0.253 e. The van der Waals surface area contributed by atoms with Gasteiger partial charge in [0.15, 0.2) is 11.5 Å². The number of rotatable bonds is 5. The zero-order valence-electron chi connectivity index (χ0n) is 12.7. The number of aromatic hydroxyl groups is 1.